The highest BCUT2D eigenvalue weighted by molar-refractivity contribution is 5.80. The van der Waals surface area contributed by atoms with E-state index in [0.717, 1.165) is 77.7 Å². The van der Waals surface area contributed by atoms with Crippen molar-refractivity contribution in [1.82, 2.24) is 15.1 Å². The third kappa shape index (κ3) is 10.0. The van der Waals surface area contributed by atoms with Crippen molar-refractivity contribution in [3.63, 3.8) is 0 Å². The van der Waals surface area contributed by atoms with Crippen LogP contribution in [0.3, 0.4) is 0 Å². The fourth-order valence-electron chi connectivity index (χ4n) is 2.98. The van der Waals surface area contributed by atoms with Crippen molar-refractivity contribution in [3.8, 4) is 0 Å². The number of hydrogen-bond donors (Lipinski definition) is 1. The second kappa shape index (κ2) is 14.3. The molecule has 1 heterocycles. The molecule has 6 nitrogen and oxygen atoms in total. The zero-order chi connectivity index (χ0) is 18.3. The van der Waals surface area contributed by atoms with Gasteiger partial charge < -0.3 is 24.6 Å². The van der Waals surface area contributed by atoms with Crippen LogP contribution in [0.1, 0.15) is 46.0 Å². The second-order valence-electron chi connectivity index (χ2n) is 6.80. The van der Waals surface area contributed by atoms with E-state index in [2.05, 4.69) is 36.0 Å². The average Bonchev–Trinajstić information content (AvgIpc) is 2.63. The van der Waals surface area contributed by atoms with Gasteiger partial charge in [-0.1, -0.05) is 13.3 Å². The van der Waals surface area contributed by atoms with Crippen LogP contribution < -0.4 is 5.32 Å². The number of nitrogens with zero attached hydrogens (tertiary/aromatic N) is 3. The number of rotatable bonds is 12. The van der Waals surface area contributed by atoms with Crippen LogP contribution in [0.4, 0.5) is 0 Å². The quantitative estimate of drug-likeness (QED) is 0.330. The molecule has 0 aromatic rings. The van der Waals surface area contributed by atoms with Gasteiger partial charge in [-0.25, -0.2) is 0 Å². The number of likely N-dealkylation sites (N-methyl/N-ethyl adjacent to an activating group) is 1. The predicted octanol–water partition coefficient (Wildman–Crippen LogP) is 2.20. The number of unbranched alkanes of at least 4 members (excludes halogenated alkanes) is 1. The van der Waals surface area contributed by atoms with Gasteiger partial charge in [0.05, 0.1) is 12.6 Å². The molecule has 0 spiro atoms. The molecule has 0 radical (unpaired) electrons. The smallest absolute Gasteiger partial charge is 0.193 e. The molecule has 0 bridgehead atoms. The van der Waals surface area contributed by atoms with Crippen LogP contribution >= 0.6 is 0 Å². The van der Waals surface area contributed by atoms with E-state index in [9.17, 15) is 0 Å². The number of nitrogens with one attached hydrogen (secondary N) is 1. The van der Waals surface area contributed by atoms with Gasteiger partial charge in [0.1, 0.15) is 0 Å². The predicted molar refractivity (Wildman–Crippen MR) is 105 cm³/mol. The average molecular weight is 357 g/mol. The number of hydrogen-bond acceptors (Lipinski definition) is 4. The van der Waals surface area contributed by atoms with E-state index in [1.54, 1.807) is 7.11 Å². The summed E-state index contributed by atoms with van der Waals surface area (Å²) in [6, 6.07) is 0. The van der Waals surface area contributed by atoms with E-state index in [-0.39, 0.29) is 0 Å². The maximum Gasteiger partial charge on any atom is 0.193 e. The number of piperidine rings is 1. The molecule has 6 heteroatoms. The minimum Gasteiger partial charge on any atom is -0.385 e. The Kier molecular flexibility index (Phi) is 12.7. The summed E-state index contributed by atoms with van der Waals surface area (Å²) < 4.78 is 11.0. The Morgan fingerprint density at radius 3 is 2.56 bits per heavy atom. The third-order valence-electron chi connectivity index (χ3n) is 4.56. The standard InChI is InChI=1S/C19H40N4O2/c1-5-7-12-22(3)15-11-21-19(20-6-2)23-13-9-18(10-14-23)25-17-8-16-24-4/h18H,5-17H2,1-4H3,(H,20,21). The molecule has 0 amide bonds. The molecular weight excluding hydrogens is 316 g/mol. The normalized spacial score (nSPS) is 16.7. The molecule has 0 unspecified atom stereocenters. The Balaban J connectivity index is 2.32. The molecule has 0 aromatic carbocycles. The van der Waals surface area contributed by atoms with Crippen LogP contribution in [-0.4, -0.2) is 88.5 Å². The van der Waals surface area contributed by atoms with Crippen LogP contribution in [0.2, 0.25) is 0 Å². The molecule has 1 fully saturated rings. The number of aliphatic imine (C=N–C) groups is 1. The van der Waals surface area contributed by atoms with Crippen molar-refractivity contribution in [2.24, 2.45) is 4.99 Å². The molecule has 1 N–H and O–H groups in total. The zero-order valence-electron chi connectivity index (χ0n) is 16.9. The topological polar surface area (TPSA) is 49.3 Å². The van der Waals surface area contributed by atoms with Crippen molar-refractivity contribution in [3.05, 3.63) is 0 Å². The number of likely N-dealkylation sites (tertiary alicyclic amines) is 1. The van der Waals surface area contributed by atoms with Crippen LogP contribution in [0.25, 0.3) is 0 Å². The first-order chi connectivity index (χ1) is 12.2. The molecule has 0 saturated carbocycles. The van der Waals surface area contributed by atoms with Gasteiger partial charge in [0.25, 0.3) is 0 Å². The summed E-state index contributed by atoms with van der Waals surface area (Å²) in [6.07, 6.45) is 6.03. The third-order valence-corrected chi connectivity index (χ3v) is 4.56. The van der Waals surface area contributed by atoms with Gasteiger partial charge in [-0.3, -0.25) is 4.99 Å². The van der Waals surface area contributed by atoms with Gasteiger partial charge in [0.15, 0.2) is 5.96 Å². The lowest BCUT2D eigenvalue weighted by atomic mass is 10.1. The van der Waals surface area contributed by atoms with Crippen molar-refractivity contribution < 1.29 is 9.47 Å². The SMILES string of the molecule is CCCCN(C)CCN=C(NCC)N1CCC(OCCCOC)CC1. The molecule has 1 aliphatic heterocycles. The molecule has 0 aromatic heterocycles. The lowest BCUT2D eigenvalue weighted by Gasteiger charge is -2.34. The van der Waals surface area contributed by atoms with E-state index in [1.165, 1.54) is 12.8 Å². The van der Waals surface area contributed by atoms with Gasteiger partial charge in [0, 0.05) is 46.5 Å². The Hall–Kier alpha value is -0.850. The largest absolute Gasteiger partial charge is 0.385 e. The lowest BCUT2D eigenvalue weighted by Crippen LogP contribution is -2.47. The molecule has 25 heavy (non-hydrogen) atoms. The van der Waals surface area contributed by atoms with E-state index < -0.39 is 0 Å². The highest BCUT2D eigenvalue weighted by atomic mass is 16.5. The van der Waals surface area contributed by atoms with Gasteiger partial charge >= 0.3 is 0 Å². The number of guanidine groups is 1. The zero-order valence-corrected chi connectivity index (χ0v) is 16.9. The Labute approximate surface area is 154 Å². The van der Waals surface area contributed by atoms with Crippen LogP contribution in [0, 0.1) is 0 Å². The van der Waals surface area contributed by atoms with Crippen LogP contribution in [-0.2, 0) is 9.47 Å². The molecule has 0 atom stereocenters. The van der Waals surface area contributed by atoms with Crippen molar-refractivity contribution in [1.29, 1.82) is 0 Å². The molecule has 1 saturated heterocycles. The van der Waals surface area contributed by atoms with E-state index in [4.69, 9.17) is 14.5 Å². The monoisotopic (exact) mass is 356 g/mol. The Morgan fingerprint density at radius 2 is 1.92 bits per heavy atom. The Bertz CT molecular complexity index is 344. The maximum atomic E-state index is 5.95. The minimum atomic E-state index is 0.385. The molecule has 0 aliphatic carbocycles. The van der Waals surface area contributed by atoms with E-state index >= 15 is 0 Å². The fourth-order valence-corrected chi connectivity index (χ4v) is 2.98. The first kappa shape index (κ1) is 22.2. The van der Waals surface area contributed by atoms with Gasteiger partial charge in [-0.15, -0.1) is 0 Å². The summed E-state index contributed by atoms with van der Waals surface area (Å²) >= 11 is 0. The summed E-state index contributed by atoms with van der Waals surface area (Å²) in [5, 5.41) is 3.44. The van der Waals surface area contributed by atoms with Crippen LogP contribution in [0.5, 0.6) is 0 Å². The van der Waals surface area contributed by atoms with Gasteiger partial charge in [-0.2, -0.15) is 0 Å². The highest BCUT2D eigenvalue weighted by Gasteiger charge is 2.21. The lowest BCUT2D eigenvalue weighted by molar-refractivity contribution is 0.00990. The van der Waals surface area contributed by atoms with Crippen LogP contribution in [0.15, 0.2) is 4.99 Å². The Morgan fingerprint density at radius 1 is 1.16 bits per heavy atom. The summed E-state index contributed by atoms with van der Waals surface area (Å²) in [7, 11) is 3.92. The maximum absolute atomic E-state index is 5.95. The van der Waals surface area contributed by atoms with Crippen molar-refractivity contribution in [2.75, 3.05) is 66.6 Å². The first-order valence-electron chi connectivity index (χ1n) is 10.0. The van der Waals surface area contributed by atoms with Gasteiger partial charge in [0.2, 0.25) is 0 Å². The second-order valence-corrected chi connectivity index (χ2v) is 6.80. The first-order valence-corrected chi connectivity index (χ1v) is 10.0. The van der Waals surface area contributed by atoms with E-state index in [0.29, 0.717) is 6.10 Å². The minimum absolute atomic E-state index is 0.385. The van der Waals surface area contributed by atoms with Gasteiger partial charge in [-0.05, 0) is 46.2 Å². The summed E-state index contributed by atoms with van der Waals surface area (Å²) in [5.74, 6) is 1.06. The number of ether oxygens (including phenoxy) is 2. The molecule has 148 valence electrons. The van der Waals surface area contributed by atoms with E-state index in [1.807, 2.05) is 0 Å². The fraction of sp³-hybridized carbons (Fsp3) is 0.947. The van der Waals surface area contributed by atoms with Crippen molar-refractivity contribution in [2.45, 2.75) is 52.1 Å². The molecule has 1 aliphatic rings. The van der Waals surface area contributed by atoms with Crippen molar-refractivity contribution >= 4 is 5.96 Å². The summed E-state index contributed by atoms with van der Waals surface area (Å²) in [4.78, 5) is 9.58. The molecule has 1 rings (SSSR count). The highest BCUT2D eigenvalue weighted by Crippen LogP contribution is 2.14. The summed E-state index contributed by atoms with van der Waals surface area (Å²) in [6.45, 7) is 11.9. The summed E-state index contributed by atoms with van der Waals surface area (Å²) in [5.41, 5.74) is 0. The number of methoxy groups -OCH3 is 1. The molecular formula is C19H40N4O2.